The van der Waals surface area contributed by atoms with Crippen molar-refractivity contribution in [1.29, 1.82) is 0 Å². The van der Waals surface area contributed by atoms with Crippen LogP contribution in [-0.4, -0.2) is 23.4 Å². The van der Waals surface area contributed by atoms with E-state index < -0.39 is 0 Å². The van der Waals surface area contributed by atoms with Crippen molar-refractivity contribution in [2.45, 2.75) is 0 Å². The molecular weight excluding hydrogens is 441 g/mol. The van der Waals surface area contributed by atoms with Crippen LogP contribution in [0.2, 0.25) is 0 Å². The number of aromatic hydroxyl groups is 1. The van der Waals surface area contributed by atoms with Gasteiger partial charge >= 0.3 is 0 Å². The third-order valence-corrected chi connectivity index (χ3v) is 5.07. The molecule has 1 heterocycles. The first-order chi connectivity index (χ1) is 11.5. The normalized spacial score (nSPS) is 16.1. The molecule has 0 saturated carbocycles. The lowest BCUT2D eigenvalue weighted by atomic mass is 10.2. The zero-order chi connectivity index (χ0) is 17.3. The van der Waals surface area contributed by atoms with Gasteiger partial charge in [-0.2, -0.15) is 0 Å². The number of amides is 2. The molecule has 1 N–H and O–H groups in total. The number of anilines is 1. The lowest BCUT2D eigenvalue weighted by Gasteiger charge is -2.11. The Morgan fingerprint density at radius 2 is 1.92 bits per heavy atom. The Balaban J connectivity index is 1.97. The van der Waals surface area contributed by atoms with E-state index in [0.717, 1.165) is 16.7 Å². The van der Waals surface area contributed by atoms with Crippen molar-refractivity contribution in [3.05, 3.63) is 56.5 Å². The van der Waals surface area contributed by atoms with Gasteiger partial charge in [-0.3, -0.25) is 9.59 Å². The van der Waals surface area contributed by atoms with Gasteiger partial charge in [0.1, 0.15) is 0 Å². The van der Waals surface area contributed by atoms with Crippen LogP contribution in [0.1, 0.15) is 5.56 Å². The number of rotatable bonds is 3. The Morgan fingerprint density at radius 3 is 2.58 bits per heavy atom. The number of imide groups is 1. The molecule has 0 spiro atoms. The van der Waals surface area contributed by atoms with Crippen LogP contribution in [0.15, 0.2) is 47.4 Å². The first-order valence-corrected chi connectivity index (χ1v) is 8.80. The molecule has 5 nitrogen and oxygen atoms in total. The van der Waals surface area contributed by atoms with Gasteiger partial charge in [-0.1, -0.05) is 18.2 Å². The van der Waals surface area contributed by atoms with E-state index in [1.807, 2.05) is 28.7 Å². The number of hydrogen-bond donors (Lipinski definition) is 1. The van der Waals surface area contributed by atoms with Gasteiger partial charge in [0.25, 0.3) is 11.1 Å². The van der Waals surface area contributed by atoms with Gasteiger partial charge in [0, 0.05) is 0 Å². The summed E-state index contributed by atoms with van der Waals surface area (Å²) in [4.78, 5) is 26.2. The first kappa shape index (κ1) is 16.8. The van der Waals surface area contributed by atoms with Crippen LogP contribution in [0.25, 0.3) is 6.08 Å². The lowest BCUT2D eigenvalue weighted by molar-refractivity contribution is -0.113. The zero-order valence-electron chi connectivity index (χ0n) is 12.5. The molecule has 0 atom stereocenters. The quantitative estimate of drug-likeness (QED) is 0.556. The van der Waals surface area contributed by atoms with E-state index in [0.29, 0.717) is 25.5 Å². The van der Waals surface area contributed by atoms with Gasteiger partial charge in [-0.25, -0.2) is 4.90 Å². The average molecular weight is 453 g/mol. The third kappa shape index (κ3) is 3.13. The summed E-state index contributed by atoms with van der Waals surface area (Å²) in [5, 5.41) is 9.54. The number of thioether (sulfide) groups is 1. The molecule has 7 heteroatoms. The predicted molar refractivity (Wildman–Crippen MR) is 102 cm³/mol. The summed E-state index contributed by atoms with van der Waals surface area (Å²) in [6.45, 7) is 0. The molecule has 0 aromatic heterocycles. The van der Waals surface area contributed by atoms with Gasteiger partial charge in [0.15, 0.2) is 11.5 Å². The molecule has 2 aromatic carbocycles. The fourth-order valence-corrected chi connectivity index (χ4v) is 3.72. The van der Waals surface area contributed by atoms with Crippen molar-refractivity contribution >= 4 is 57.3 Å². The minimum atomic E-state index is -0.363. The van der Waals surface area contributed by atoms with Crippen LogP contribution in [-0.2, 0) is 4.79 Å². The van der Waals surface area contributed by atoms with Crippen LogP contribution in [0, 0.1) is 3.57 Å². The van der Waals surface area contributed by atoms with E-state index in [1.54, 1.807) is 42.5 Å². The molecule has 1 saturated heterocycles. The second kappa shape index (κ2) is 6.86. The van der Waals surface area contributed by atoms with Gasteiger partial charge in [0.2, 0.25) is 0 Å². The number of carbonyl (C=O) groups excluding carboxylic acids is 2. The van der Waals surface area contributed by atoms with Crippen molar-refractivity contribution in [2.75, 3.05) is 12.0 Å². The maximum absolute atomic E-state index is 12.6. The van der Waals surface area contributed by atoms with E-state index in [-0.39, 0.29) is 16.9 Å². The monoisotopic (exact) mass is 453 g/mol. The molecule has 122 valence electrons. The predicted octanol–water partition coefficient (Wildman–Crippen LogP) is 4.25. The van der Waals surface area contributed by atoms with Crippen LogP contribution < -0.4 is 9.64 Å². The Morgan fingerprint density at radius 1 is 1.21 bits per heavy atom. The number of benzene rings is 2. The standard InChI is InChI=1S/C17H12INO4S/c1-23-13-8-10(7-12(18)15(13)20)9-14-16(21)19(17(22)24-14)11-5-3-2-4-6-11/h2-9,20H,1H3/b14-9-. The number of para-hydroxylation sites is 1. The average Bonchev–Trinajstić information content (AvgIpc) is 2.85. The summed E-state index contributed by atoms with van der Waals surface area (Å²) >= 11 is 2.87. The van der Waals surface area contributed by atoms with Crippen LogP contribution in [0.4, 0.5) is 10.5 Å². The molecule has 3 rings (SSSR count). The molecule has 24 heavy (non-hydrogen) atoms. The lowest BCUT2D eigenvalue weighted by Crippen LogP contribution is -2.27. The van der Waals surface area contributed by atoms with Crippen molar-refractivity contribution < 1.29 is 19.4 Å². The molecule has 0 bridgehead atoms. The highest BCUT2D eigenvalue weighted by atomic mass is 127. The Kier molecular flexibility index (Phi) is 4.81. The molecule has 0 aliphatic carbocycles. The van der Waals surface area contributed by atoms with Crippen LogP contribution >= 0.6 is 34.4 Å². The second-order valence-electron chi connectivity index (χ2n) is 4.91. The van der Waals surface area contributed by atoms with Gasteiger partial charge < -0.3 is 9.84 Å². The highest BCUT2D eigenvalue weighted by Crippen LogP contribution is 2.38. The SMILES string of the molecule is COc1cc(/C=C2\SC(=O)N(c3ccccc3)C2=O)cc(I)c1O. The van der Waals surface area contributed by atoms with E-state index in [1.165, 1.54) is 7.11 Å². The molecule has 1 aliphatic rings. The smallest absolute Gasteiger partial charge is 0.298 e. The highest BCUT2D eigenvalue weighted by molar-refractivity contribution is 14.1. The van der Waals surface area contributed by atoms with E-state index in [4.69, 9.17) is 4.74 Å². The van der Waals surface area contributed by atoms with Gasteiger partial charge in [0.05, 0.1) is 21.3 Å². The van der Waals surface area contributed by atoms with Crippen LogP contribution in [0.5, 0.6) is 11.5 Å². The minimum absolute atomic E-state index is 0.0487. The number of ether oxygens (including phenoxy) is 1. The molecule has 1 aliphatic heterocycles. The van der Waals surface area contributed by atoms with Gasteiger partial charge in [-0.05, 0) is 70.3 Å². The first-order valence-electron chi connectivity index (χ1n) is 6.91. The fraction of sp³-hybridized carbons (Fsp3) is 0.0588. The molecule has 0 radical (unpaired) electrons. The molecular formula is C17H12INO4S. The van der Waals surface area contributed by atoms with E-state index >= 15 is 0 Å². The molecule has 2 aromatic rings. The van der Waals surface area contributed by atoms with Crippen molar-refractivity contribution in [3.63, 3.8) is 0 Å². The van der Waals surface area contributed by atoms with Crippen molar-refractivity contribution in [3.8, 4) is 11.5 Å². The minimum Gasteiger partial charge on any atom is -0.504 e. The number of halogens is 1. The third-order valence-electron chi connectivity index (χ3n) is 3.38. The fourth-order valence-electron chi connectivity index (χ4n) is 2.25. The van der Waals surface area contributed by atoms with Gasteiger partial charge in [-0.15, -0.1) is 0 Å². The maximum Gasteiger partial charge on any atom is 0.298 e. The van der Waals surface area contributed by atoms with Crippen molar-refractivity contribution in [1.82, 2.24) is 0 Å². The number of nitrogens with zero attached hydrogens (tertiary/aromatic N) is 1. The molecule has 1 fully saturated rings. The summed E-state index contributed by atoms with van der Waals surface area (Å²) < 4.78 is 5.71. The number of carbonyl (C=O) groups is 2. The molecule has 2 amide bonds. The van der Waals surface area contributed by atoms with E-state index in [2.05, 4.69) is 0 Å². The molecule has 0 unspecified atom stereocenters. The number of phenols is 1. The maximum atomic E-state index is 12.6. The Hall–Kier alpha value is -2.00. The number of methoxy groups -OCH3 is 1. The summed E-state index contributed by atoms with van der Waals surface area (Å²) in [6.07, 6.45) is 1.62. The summed E-state index contributed by atoms with van der Waals surface area (Å²) in [6, 6.07) is 12.1. The zero-order valence-corrected chi connectivity index (χ0v) is 15.5. The summed E-state index contributed by atoms with van der Waals surface area (Å²) in [5.41, 5.74) is 1.22. The summed E-state index contributed by atoms with van der Waals surface area (Å²) in [7, 11) is 1.46. The van der Waals surface area contributed by atoms with Crippen molar-refractivity contribution in [2.24, 2.45) is 0 Å². The van der Waals surface area contributed by atoms with E-state index in [9.17, 15) is 14.7 Å². The number of hydrogen-bond acceptors (Lipinski definition) is 5. The largest absolute Gasteiger partial charge is 0.504 e. The highest BCUT2D eigenvalue weighted by Gasteiger charge is 2.36. The Labute approximate surface area is 156 Å². The summed E-state index contributed by atoms with van der Waals surface area (Å²) in [5.74, 6) is 0.00123. The Bertz CT molecular complexity index is 851. The number of phenolic OH excluding ortho intramolecular Hbond substituents is 1. The topological polar surface area (TPSA) is 66.8 Å². The van der Waals surface area contributed by atoms with Crippen LogP contribution in [0.3, 0.4) is 0 Å². The second-order valence-corrected chi connectivity index (χ2v) is 7.06.